The van der Waals surface area contributed by atoms with Gasteiger partial charge in [-0.25, -0.2) is 0 Å². The molecule has 1 amide bonds. The van der Waals surface area contributed by atoms with E-state index in [1.54, 1.807) is 0 Å². The van der Waals surface area contributed by atoms with Crippen molar-refractivity contribution in [1.29, 1.82) is 0 Å². The monoisotopic (exact) mass is 824 g/mol. The maximum atomic E-state index is 12.5. The molecule has 0 aliphatic rings. The first kappa shape index (κ1) is 57.3. The van der Waals surface area contributed by atoms with Crippen LogP contribution in [0.15, 0.2) is 0 Å². The lowest BCUT2D eigenvalue weighted by molar-refractivity contribution is -0.132. The molecule has 0 rings (SSSR count). The normalized spacial score (nSPS) is 13.8. The maximum Gasteiger partial charge on any atom is 0.249 e. The van der Waals surface area contributed by atoms with Crippen LogP contribution >= 0.6 is 0 Å². The van der Waals surface area contributed by atoms with Gasteiger partial charge in [-0.05, 0) is 12.8 Å². The standard InChI is InChI=1S/C52H105NO5/c1-3-5-7-9-11-13-15-16-17-18-19-20-21-22-23-24-25-26-27-28-29-30-31-32-33-34-35-36-38-39-41-43-45-49(55)51(57)48(47-54)53-52(58)50(56)46-44-42-40-37-14-12-10-8-6-4-2/h48-51,54-57H,3-47H2,1-2H3,(H,53,58). The van der Waals surface area contributed by atoms with Crippen LogP contribution in [0.1, 0.15) is 296 Å². The lowest BCUT2D eigenvalue weighted by atomic mass is 9.99. The number of amides is 1. The molecule has 0 spiro atoms. The summed E-state index contributed by atoms with van der Waals surface area (Å²) in [5, 5.41) is 43.7. The highest BCUT2D eigenvalue weighted by atomic mass is 16.3. The van der Waals surface area contributed by atoms with Crippen LogP contribution in [0.25, 0.3) is 0 Å². The summed E-state index contributed by atoms with van der Waals surface area (Å²) in [6.07, 6.45) is 53.3. The Kier molecular flexibility index (Phi) is 46.8. The van der Waals surface area contributed by atoms with Gasteiger partial charge in [0.05, 0.1) is 18.8 Å². The summed E-state index contributed by atoms with van der Waals surface area (Å²) in [7, 11) is 0. The number of nitrogens with one attached hydrogen (secondary N) is 1. The van der Waals surface area contributed by atoms with Crippen LogP contribution in [0.5, 0.6) is 0 Å². The van der Waals surface area contributed by atoms with Crippen LogP contribution in [0.2, 0.25) is 0 Å². The summed E-state index contributed by atoms with van der Waals surface area (Å²) in [5.41, 5.74) is 0. The highest BCUT2D eigenvalue weighted by Gasteiger charge is 2.28. The second kappa shape index (κ2) is 47.4. The second-order valence-electron chi connectivity index (χ2n) is 18.6. The summed E-state index contributed by atoms with van der Waals surface area (Å²) >= 11 is 0. The molecule has 0 aromatic carbocycles. The SMILES string of the molecule is CCCCCCCCCCCCCCCCCCCCCCCCCCCCCCCCCCC(O)C(O)C(CO)NC(=O)C(O)CCCCCCCCCCCC. The maximum absolute atomic E-state index is 12.5. The first-order valence-corrected chi connectivity index (χ1v) is 26.4. The number of hydrogen-bond acceptors (Lipinski definition) is 5. The smallest absolute Gasteiger partial charge is 0.249 e. The Morgan fingerprint density at radius 2 is 0.586 bits per heavy atom. The summed E-state index contributed by atoms with van der Waals surface area (Å²) in [6.45, 7) is 4.05. The van der Waals surface area contributed by atoms with E-state index in [4.69, 9.17) is 0 Å². The molecule has 6 nitrogen and oxygen atoms in total. The first-order chi connectivity index (χ1) is 28.5. The Hall–Kier alpha value is -0.690. The van der Waals surface area contributed by atoms with E-state index in [9.17, 15) is 25.2 Å². The third-order valence-corrected chi connectivity index (χ3v) is 12.8. The van der Waals surface area contributed by atoms with E-state index in [0.29, 0.717) is 12.8 Å². The van der Waals surface area contributed by atoms with Crippen molar-refractivity contribution < 1.29 is 25.2 Å². The fourth-order valence-corrected chi connectivity index (χ4v) is 8.64. The Bertz CT molecular complexity index is 796. The first-order valence-electron chi connectivity index (χ1n) is 26.4. The number of rotatable bonds is 49. The van der Waals surface area contributed by atoms with Gasteiger partial charge in [0.15, 0.2) is 0 Å². The van der Waals surface area contributed by atoms with Gasteiger partial charge in [-0.2, -0.15) is 0 Å². The topological polar surface area (TPSA) is 110 Å². The second-order valence-corrected chi connectivity index (χ2v) is 18.6. The van der Waals surface area contributed by atoms with Gasteiger partial charge < -0.3 is 25.7 Å². The van der Waals surface area contributed by atoms with Crippen molar-refractivity contribution in [2.24, 2.45) is 0 Å². The minimum absolute atomic E-state index is 0.374. The molecule has 0 bridgehead atoms. The summed E-state index contributed by atoms with van der Waals surface area (Å²) < 4.78 is 0. The molecule has 0 saturated carbocycles. The van der Waals surface area contributed by atoms with Crippen molar-refractivity contribution in [2.45, 2.75) is 321 Å². The van der Waals surface area contributed by atoms with Gasteiger partial charge >= 0.3 is 0 Å². The molecular formula is C52H105NO5. The highest BCUT2D eigenvalue weighted by Crippen LogP contribution is 2.18. The third kappa shape index (κ3) is 40.7. The molecule has 0 fully saturated rings. The number of carbonyl (C=O) groups is 1. The quantitative estimate of drug-likeness (QED) is 0.0393. The number of aliphatic hydroxyl groups excluding tert-OH is 4. The summed E-state index contributed by atoms with van der Waals surface area (Å²) in [5.74, 6) is -0.581. The average Bonchev–Trinajstić information content (AvgIpc) is 3.23. The van der Waals surface area contributed by atoms with Gasteiger partial charge in [-0.1, -0.05) is 284 Å². The van der Waals surface area contributed by atoms with Crippen LogP contribution in [0, 0.1) is 0 Å². The largest absolute Gasteiger partial charge is 0.394 e. The van der Waals surface area contributed by atoms with Crippen molar-refractivity contribution in [3.63, 3.8) is 0 Å². The molecule has 0 aliphatic carbocycles. The average molecular weight is 824 g/mol. The molecule has 0 saturated heterocycles. The Balaban J connectivity index is 3.49. The van der Waals surface area contributed by atoms with Crippen molar-refractivity contribution >= 4 is 5.91 Å². The van der Waals surface area contributed by atoms with E-state index in [2.05, 4.69) is 19.2 Å². The predicted molar refractivity (Wildman–Crippen MR) is 252 cm³/mol. The van der Waals surface area contributed by atoms with E-state index >= 15 is 0 Å². The molecule has 58 heavy (non-hydrogen) atoms. The molecule has 348 valence electrons. The molecule has 0 heterocycles. The number of carbonyl (C=O) groups excluding carboxylic acids is 1. The Morgan fingerprint density at radius 1 is 0.362 bits per heavy atom. The van der Waals surface area contributed by atoms with Crippen molar-refractivity contribution in [2.75, 3.05) is 6.61 Å². The predicted octanol–water partition coefficient (Wildman–Crippen LogP) is 14.8. The molecule has 0 aliphatic heterocycles. The number of unbranched alkanes of at least 4 members (excludes halogenated alkanes) is 40. The zero-order valence-electron chi connectivity index (χ0n) is 39.3. The molecular weight excluding hydrogens is 719 g/mol. The molecule has 4 atom stereocenters. The molecule has 6 heteroatoms. The molecule has 0 radical (unpaired) electrons. The minimum Gasteiger partial charge on any atom is -0.394 e. The van der Waals surface area contributed by atoms with E-state index in [-0.39, 0.29) is 0 Å². The summed E-state index contributed by atoms with van der Waals surface area (Å²) in [4.78, 5) is 12.5. The highest BCUT2D eigenvalue weighted by molar-refractivity contribution is 5.80. The van der Waals surface area contributed by atoms with E-state index in [1.807, 2.05) is 0 Å². The third-order valence-electron chi connectivity index (χ3n) is 12.8. The van der Waals surface area contributed by atoms with E-state index in [0.717, 1.165) is 38.5 Å². The van der Waals surface area contributed by atoms with Gasteiger partial charge in [-0.15, -0.1) is 0 Å². The summed E-state index contributed by atoms with van der Waals surface area (Å²) in [6, 6.07) is -0.979. The van der Waals surface area contributed by atoms with Crippen LogP contribution in [0.4, 0.5) is 0 Å². The Morgan fingerprint density at radius 3 is 0.828 bits per heavy atom. The van der Waals surface area contributed by atoms with Crippen LogP contribution < -0.4 is 5.32 Å². The lowest BCUT2D eigenvalue weighted by Gasteiger charge is -2.27. The Labute approximate surface area is 362 Å². The number of aliphatic hydroxyl groups is 4. The molecule has 0 aromatic heterocycles. The van der Waals surface area contributed by atoms with Crippen LogP contribution in [0.3, 0.4) is 0 Å². The number of hydrogen-bond donors (Lipinski definition) is 5. The van der Waals surface area contributed by atoms with Crippen molar-refractivity contribution in [3.05, 3.63) is 0 Å². The van der Waals surface area contributed by atoms with Gasteiger partial charge in [0.1, 0.15) is 12.2 Å². The van der Waals surface area contributed by atoms with Gasteiger partial charge in [-0.3, -0.25) is 4.79 Å². The van der Waals surface area contributed by atoms with E-state index in [1.165, 1.54) is 231 Å². The van der Waals surface area contributed by atoms with Crippen molar-refractivity contribution in [1.82, 2.24) is 5.32 Å². The molecule has 0 aromatic rings. The zero-order chi connectivity index (χ0) is 42.4. The van der Waals surface area contributed by atoms with Crippen molar-refractivity contribution in [3.8, 4) is 0 Å². The fourth-order valence-electron chi connectivity index (χ4n) is 8.64. The lowest BCUT2D eigenvalue weighted by Crippen LogP contribution is -2.53. The zero-order valence-corrected chi connectivity index (χ0v) is 39.3. The molecule has 4 unspecified atom stereocenters. The van der Waals surface area contributed by atoms with Crippen LogP contribution in [-0.4, -0.2) is 57.3 Å². The van der Waals surface area contributed by atoms with Gasteiger partial charge in [0.25, 0.3) is 0 Å². The fraction of sp³-hybridized carbons (Fsp3) is 0.981. The minimum atomic E-state index is -1.25. The van der Waals surface area contributed by atoms with Gasteiger partial charge in [0, 0.05) is 0 Å². The molecule has 5 N–H and O–H groups in total. The van der Waals surface area contributed by atoms with E-state index < -0.39 is 36.9 Å². The van der Waals surface area contributed by atoms with Crippen LogP contribution in [-0.2, 0) is 4.79 Å². The van der Waals surface area contributed by atoms with Gasteiger partial charge in [0.2, 0.25) is 5.91 Å².